The lowest BCUT2D eigenvalue weighted by Crippen LogP contribution is -2.39. The summed E-state index contributed by atoms with van der Waals surface area (Å²) in [6.07, 6.45) is 2.41. The van der Waals surface area contributed by atoms with Gasteiger partial charge in [0.25, 0.3) is 5.91 Å². The predicted octanol–water partition coefficient (Wildman–Crippen LogP) is 4.95. The molecule has 2 atom stereocenters. The van der Waals surface area contributed by atoms with E-state index >= 15 is 0 Å². The largest absolute Gasteiger partial charge is 0.479 e. The maximum absolute atomic E-state index is 12.5. The Labute approximate surface area is 151 Å². The lowest BCUT2D eigenvalue weighted by Gasteiger charge is -2.27. The lowest BCUT2D eigenvalue weighted by molar-refractivity contribution is -0.128. The van der Waals surface area contributed by atoms with Gasteiger partial charge in [-0.25, -0.2) is 0 Å². The van der Waals surface area contributed by atoms with Crippen molar-refractivity contribution in [1.82, 2.24) is 5.32 Å². The fraction of sp³-hybridized carbons (Fsp3) is 0.316. The molecule has 1 aliphatic rings. The Bertz CT molecular complexity index is 748. The summed E-state index contributed by atoms with van der Waals surface area (Å²) >= 11 is 12.1. The Balaban J connectivity index is 1.68. The molecule has 0 unspecified atom stereocenters. The molecule has 3 rings (SSSR count). The molecule has 1 N–H and O–H groups in total. The second-order valence-electron chi connectivity index (χ2n) is 5.96. The topological polar surface area (TPSA) is 38.3 Å². The molecule has 0 saturated heterocycles. The van der Waals surface area contributed by atoms with Crippen LogP contribution in [-0.2, 0) is 11.2 Å². The molecular formula is C19H19Cl2NO2. The fourth-order valence-electron chi connectivity index (χ4n) is 3.01. The smallest absolute Gasteiger partial charge is 0.261 e. The summed E-state index contributed by atoms with van der Waals surface area (Å²) in [5.74, 6) is 0.253. The van der Waals surface area contributed by atoms with Crippen molar-refractivity contribution in [1.29, 1.82) is 0 Å². The zero-order valence-corrected chi connectivity index (χ0v) is 14.9. The number of fused-ring (bicyclic) bond motifs is 1. The van der Waals surface area contributed by atoms with Crippen molar-refractivity contribution in [3.63, 3.8) is 0 Å². The highest BCUT2D eigenvalue weighted by atomic mass is 35.5. The molecule has 0 radical (unpaired) electrons. The number of nitrogens with one attached hydrogen (secondary N) is 1. The van der Waals surface area contributed by atoms with Crippen LogP contribution in [0.2, 0.25) is 10.0 Å². The molecule has 1 amide bonds. The van der Waals surface area contributed by atoms with Gasteiger partial charge in [0.15, 0.2) is 6.10 Å². The summed E-state index contributed by atoms with van der Waals surface area (Å²) in [7, 11) is 0. The predicted molar refractivity (Wildman–Crippen MR) is 96.8 cm³/mol. The molecule has 3 nitrogen and oxygen atoms in total. The highest BCUT2D eigenvalue weighted by Crippen LogP contribution is 2.33. The Hall–Kier alpha value is -1.71. The first-order chi connectivity index (χ1) is 11.6. The van der Waals surface area contributed by atoms with Crippen molar-refractivity contribution in [3.8, 4) is 5.75 Å². The van der Waals surface area contributed by atoms with E-state index in [1.165, 1.54) is 11.1 Å². The zero-order valence-electron chi connectivity index (χ0n) is 13.4. The van der Waals surface area contributed by atoms with Crippen molar-refractivity contribution in [2.75, 3.05) is 0 Å². The van der Waals surface area contributed by atoms with E-state index in [1.807, 2.05) is 12.1 Å². The molecule has 0 fully saturated rings. The van der Waals surface area contributed by atoms with Gasteiger partial charge < -0.3 is 10.1 Å². The molecule has 1 aliphatic carbocycles. The van der Waals surface area contributed by atoms with E-state index in [9.17, 15) is 4.79 Å². The van der Waals surface area contributed by atoms with Crippen molar-refractivity contribution in [2.24, 2.45) is 0 Å². The number of ether oxygens (including phenoxy) is 1. The number of hydrogen-bond donors (Lipinski definition) is 1. The summed E-state index contributed by atoms with van der Waals surface area (Å²) < 4.78 is 5.69. The SMILES string of the molecule is C[C@H](Oc1cccc(Cl)c1Cl)C(=O)N[C@@H]1CCCc2ccccc21. The third kappa shape index (κ3) is 3.68. The van der Waals surface area contributed by atoms with Gasteiger partial charge in [-0.05, 0) is 49.4 Å². The van der Waals surface area contributed by atoms with Gasteiger partial charge in [-0.1, -0.05) is 53.5 Å². The number of benzene rings is 2. The molecule has 0 bridgehead atoms. The van der Waals surface area contributed by atoms with Gasteiger partial charge in [0.05, 0.1) is 11.1 Å². The Morgan fingerprint density at radius 2 is 2.00 bits per heavy atom. The highest BCUT2D eigenvalue weighted by Gasteiger charge is 2.24. The van der Waals surface area contributed by atoms with E-state index in [1.54, 1.807) is 25.1 Å². The molecule has 126 valence electrons. The molecular weight excluding hydrogens is 345 g/mol. The summed E-state index contributed by atoms with van der Waals surface area (Å²) in [4.78, 5) is 12.5. The lowest BCUT2D eigenvalue weighted by atomic mass is 9.87. The third-order valence-corrected chi connectivity index (χ3v) is 5.08. The van der Waals surface area contributed by atoms with Crippen LogP contribution in [0.15, 0.2) is 42.5 Å². The van der Waals surface area contributed by atoms with Crippen LogP contribution in [0.3, 0.4) is 0 Å². The van der Waals surface area contributed by atoms with Crippen LogP contribution in [0.5, 0.6) is 5.75 Å². The number of halogens is 2. The number of carbonyl (C=O) groups excluding carboxylic acids is 1. The molecule has 0 spiro atoms. The van der Waals surface area contributed by atoms with Crippen LogP contribution >= 0.6 is 23.2 Å². The maximum atomic E-state index is 12.5. The van der Waals surface area contributed by atoms with Gasteiger partial charge in [0, 0.05) is 0 Å². The van der Waals surface area contributed by atoms with E-state index in [-0.39, 0.29) is 11.9 Å². The Kier molecular flexibility index (Phi) is 5.32. The molecule has 0 aromatic heterocycles. The summed E-state index contributed by atoms with van der Waals surface area (Å²) in [6.45, 7) is 1.71. The molecule has 2 aromatic rings. The minimum Gasteiger partial charge on any atom is -0.479 e. The number of rotatable bonds is 4. The van der Waals surface area contributed by atoms with E-state index < -0.39 is 6.10 Å². The number of amides is 1. The number of aryl methyl sites for hydroxylation is 1. The van der Waals surface area contributed by atoms with Gasteiger partial charge in [0.1, 0.15) is 10.8 Å². The first-order valence-electron chi connectivity index (χ1n) is 8.05. The minimum atomic E-state index is -0.657. The second kappa shape index (κ2) is 7.45. The second-order valence-corrected chi connectivity index (χ2v) is 6.75. The van der Waals surface area contributed by atoms with Crippen molar-refractivity contribution in [3.05, 3.63) is 63.6 Å². The molecule has 0 saturated carbocycles. The number of carbonyl (C=O) groups is 1. The Morgan fingerprint density at radius 1 is 1.21 bits per heavy atom. The third-order valence-electron chi connectivity index (χ3n) is 4.28. The monoisotopic (exact) mass is 363 g/mol. The van der Waals surface area contributed by atoms with E-state index in [2.05, 4.69) is 17.4 Å². The van der Waals surface area contributed by atoms with E-state index in [0.29, 0.717) is 15.8 Å². The maximum Gasteiger partial charge on any atom is 0.261 e. The Morgan fingerprint density at radius 3 is 2.83 bits per heavy atom. The van der Waals surface area contributed by atoms with Gasteiger partial charge in [0.2, 0.25) is 0 Å². The summed E-state index contributed by atoms with van der Waals surface area (Å²) in [5.41, 5.74) is 2.51. The molecule has 2 aromatic carbocycles. The summed E-state index contributed by atoms with van der Waals surface area (Å²) in [5, 5.41) is 3.82. The van der Waals surface area contributed by atoms with Crippen LogP contribution in [-0.4, -0.2) is 12.0 Å². The van der Waals surface area contributed by atoms with Crippen LogP contribution < -0.4 is 10.1 Å². The zero-order chi connectivity index (χ0) is 17.1. The minimum absolute atomic E-state index is 0.0309. The first kappa shape index (κ1) is 17.1. The molecule has 24 heavy (non-hydrogen) atoms. The van der Waals surface area contributed by atoms with E-state index in [4.69, 9.17) is 27.9 Å². The van der Waals surface area contributed by atoms with Gasteiger partial charge >= 0.3 is 0 Å². The summed E-state index contributed by atoms with van der Waals surface area (Å²) in [6, 6.07) is 13.4. The average Bonchev–Trinajstić information content (AvgIpc) is 2.59. The average molecular weight is 364 g/mol. The van der Waals surface area contributed by atoms with Crippen molar-refractivity contribution < 1.29 is 9.53 Å². The van der Waals surface area contributed by atoms with Crippen LogP contribution in [0.1, 0.15) is 36.9 Å². The molecule has 0 aliphatic heterocycles. The quantitative estimate of drug-likeness (QED) is 0.833. The number of hydrogen-bond acceptors (Lipinski definition) is 2. The van der Waals surface area contributed by atoms with Crippen molar-refractivity contribution >= 4 is 29.1 Å². The molecule has 5 heteroatoms. The van der Waals surface area contributed by atoms with Crippen molar-refractivity contribution in [2.45, 2.75) is 38.3 Å². The first-order valence-corrected chi connectivity index (χ1v) is 8.80. The highest BCUT2D eigenvalue weighted by molar-refractivity contribution is 6.42. The van der Waals surface area contributed by atoms with Gasteiger partial charge in [-0.15, -0.1) is 0 Å². The molecule has 0 heterocycles. The van der Waals surface area contributed by atoms with Gasteiger partial charge in [-0.2, -0.15) is 0 Å². The normalized spacial score (nSPS) is 17.7. The van der Waals surface area contributed by atoms with Crippen LogP contribution in [0.25, 0.3) is 0 Å². The fourth-order valence-corrected chi connectivity index (χ4v) is 3.35. The standard InChI is InChI=1S/C19H19Cl2NO2/c1-12(24-17-11-5-9-15(20)18(17)21)19(23)22-16-10-4-7-13-6-2-3-8-14(13)16/h2-3,5-6,8-9,11-12,16H,4,7,10H2,1H3,(H,22,23)/t12-,16+/m0/s1. The van der Waals surface area contributed by atoms with Crippen LogP contribution in [0, 0.1) is 0 Å². The van der Waals surface area contributed by atoms with Gasteiger partial charge in [-0.3, -0.25) is 4.79 Å². The van der Waals surface area contributed by atoms with Crippen LogP contribution in [0.4, 0.5) is 0 Å². The van der Waals surface area contributed by atoms with E-state index in [0.717, 1.165) is 19.3 Å².